The Morgan fingerprint density at radius 2 is 1.80 bits per heavy atom. The largest absolute Gasteiger partial charge is 0.444 e. The summed E-state index contributed by atoms with van der Waals surface area (Å²) in [7, 11) is 0. The highest BCUT2D eigenvalue weighted by molar-refractivity contribution is 14.0. The van der Waals surface area contributed by atoms with E-state index in [-0.39, 0.29) is 24.0 Å². The van der Waals surface area contributed by atoms with Crippen LogP contribution in [0.5, 0.6) is 0 Å². The van der Waals surface area contributed by atoms with Crippen LogP contribution in [0.1, 0.15) is 47.0 Å². The average Bonchev–Trinajstić information content (AvgIpc) is 2.26. The number of carbonyl (C=O) groups is 1. The summed E-state index contributed by atoms with van der Waals surface area (Å²) in [5, 5.41) is 5.70. The summed E-state index contributed by atoms with van der Waals surface area (Å²) < 4.78 is 5.11. The van der Waals surface area contributed by atoms with Crippen molar-refractivity contribution in [3.63, 3.8) is 0 Å². The summed E-state index contributed by atoms with van der Waals surface area (Å²) in [5.41, 5.74) is 5.20. The highest BCUT2D eigenvalue weighted by Gasteiger charge is 2.15. The van der Waals surface area contributed by atoms with E-state index in [2.05, 4.69) is 22.5 Å². The number of amides is 1. The molecule has 6 nitrogen and oxygen atoms in total. The number of rotatable bonds is 7. The standard InChI is InChI=1S/C13H28N4O2.HI/c1-5-6-8-15-11(14)16-9-7-10-17-12(18)19-13(2,3)4;/h5-10H2,1-4H3,(H,17,18)(H3,14,15,16);1H. The number of nitrogens with two attached hydrogens (primary N) is 1. The lowest BCUT2D eigenvalue weighted by Crippen LogP contribution is -2.34. The Hall–Kier alpha value is -0.730. The Kier molecular flexibility index (Phi) is 13.0. The van der Waals surface area contributed by atoms with E-state index in [1.165, 1.54) is 0 Å². The second-order valence-electron chi connectivity index (χ2n) is 5.33. The van der Waals surface area contributed by atoms with Crippen molar-refractivity contribution in [1.29, 1.82) is 0 Å². The first kappa shape index (κ1) is 21.6. The van der Waals surface area contributed by atoms with Gasteiger partial charge in [0.15, 0.2) is 5.96 Å². The number of guanidine groups is 1. The smallest absolute Gasteiger partial charge is 0.407 e. The van der Waals surface area contributed by atoms with Crippen LogP contribution in [0.25, 0.3) is 0 Å². The number of aliphatic imine (C=N–C) groups is 1. The van der Waals surface area contributed by atoms with Crippen molar-refractivity contribution in [2.75, 3.05) is 19.6 Å². The zero-order valence-corrected chi connectivity index (χ0v) is 15.3. The molecule has 0 aromatic carbocycles. The van der Waals surface area contributed by atoms with Crippen molar-refractivity contribution in [3.05, 3.63) is 0 Å². The molecule has 7 heteroatoms. The molecule has 0 saturated heterocycles. The number of carbonyl (C=O) groups excluding carboxylic acids is 1. The molecule has 0 aromatic heterocycles. The van der Waals surface area contributed by atoms with Crippen LogP contribution in [-0.2, 0) is 4.74 Å². The van der Waals surface area contributed by atoms with Gasteiger partial charge in [-0.3, -0.25) is 4.99 Å². The van der Waals surface area contributed by atoms with Gasteiger partial charge in [-0.25, -0.2) is 4.79 Å². The van der Waals surface area contributed by atoms with Gasteiger partial charge in [-0.2, -0.15) is 0 Å². The number of unbranched alkanes of at least 4 members (excludes halogenated alkanes) is 1. The summed E-state index contributed by atoms with van der Waals surface area (Å²) in [4.78, 5) is 15.5. The van der Waals surface area contributed by atoms with Gasteiger partial charge in [0.25, 0.3) is 0 Å². The van der Waals surface area contributed by atoms with Gasteiger partial charge in [0.1, 0.15) is 5.60 Å². The van der Waals surface area contributed by atoms with E-state index in [1.807, 2.05) is 20.8 Å². The van der Waals surface area contributed by atoms with Crippen LogP contribution in [0, 0.1) is 0 Å². The summed E-state index contributed by atoms with van der Waals surface area (Å²) in [6, 6.07) is 0. The first-order chi connectivity index (χ1) is 8.85. The molecule has 120 valence electrons. The molecule has 4 N–H and O–H groups in total. The fourth-order valence-electron chi connectivity index (χ4n) is 1.23. The maximum absolute atomic E-state index is 11.3. The Morgan fingerprint density at radius 3 is 2.35 bits per heavy atom. The van der Waals surface area contributed by atoms with Crippen molar-refractivity contribution >= 4 is 36.0 Å². The number of nitrogens with zero attached hydrogens (tertiary/aromatic N) is 1. The molecule has 0 saturated carbocycles. The maximum Gasteiger partial charge on any atom is 0.407 e. The quantitative estimate of drug-likeness (QED) is 0.265. The number of halogens is 1. The summed E-state index contributed by atoms with van der Waals surface area (Å²) in [5.74, 6) is 0.464. The second kappa shape index (κ2) is 12.0. The van der Waals surface area contributed by atoms with Crippen molar-refractivity contribution in [2.24, 2.45) is 10.7 Å². The molecular weight excluding hydrogens is 371 g/mol. The number of nitrogens with one attached hydrogen (secondary N) is 2. The van der Waals surface area contributed by atoms with Gasteiger partial charge >= 0.3 is 6.09 Å². The third kappa shape index (κ3) is 15.3. The molecule has 20 heavy (non-hydrogen) atoms. The lowest BCUT2D eigenvalue weighted by Gasteiger charge is -2.19. The minimum absolute atomic E-state index is 0. The zero-order chi connectivity index (χ0) is 14.7. The third-order valence-corrected chi connectivity index (χ3v) is 2.12. The van der Waals surface area contributed by atoms with E-state index < -0.39 is 11.7 Å². The minimum Gasteiger partial charge on any atom is -0.444 e. The number of alkyl carbamates (subject to hydrolysis) is 1. The number of ether oxygens (including phenoxy) is 1. The fraction of sp³-hybridized carbons (Fsp3) is 0.846. The van der Waals surface area contributed by atoms with Gasteiger partial charge in [-0.1, -0.05) is 13.3 Å². The van der Waals surface area contributed by atoms with Gasteiger partial charge in [0, 0.05) is 19.6 Å². The first-order valence-corrected chi connectivity index (χ1v) is 6.86. The molecule has 0 bridgehead atoms. The topological polar surface area (TPSA) is 88.7 Å². The predicted molar refractivity (Wildman–Crippen MR) is 93.7 cm³/mol. The van der Waals surface area contributed by atoms with Gasteiger partial charge < -0.3 is 21.1 Å². The Labute approximate surface area is 139 Å². The molecule has 0 rings (SSSR count). The normalized spacial score (nSPS) is 11.5. The van der Waals surface area contributed by atoms with Crippen molar-refractivity contribution in [1.82, 2.24) is 10.6 Å². The summed E-state index contributed by atoms with van der Waals surface area (Å²) in [6.07, 6.45) is 2.54. The summed E-state index contributed by atoms with van der Waals surface area (Å²) in [6.45, 7) is 9.58. The molecule has 0 fully saturated rings. The van der Waals surface area contributed by atoms with Gasteiger partial charge in [0.2, 0.25) is 0 Å². The lowest BCUT2D eigenvalue weighted by atomic mass is 10.2. The molecule has 0 heterocycles. The first-order valence-electron chi connectivity index (χ1n) is 6.86. The van der Waals surface area contributed by atoms with Crippen molar-refractivity contribution in [3.8, 4) is 0 Å². The fourth-order valence-corrected chi connectivity index (χ4v) is 1.23. The van der Waals surface area contributed by atoms with E-state index in [0.717, 1.165) is 25.8 Å². The summed E-state index contributed by atoms with van der Waals surface area (Å²) >= 11 is 0. The highest BCUT2D eigenvalue weighted by Crippen LogP contribution is 2.06. The van der Waals surface area contributed by atoms with Crippen LogP contribution in [0.15, 0.2) is 4.99 Å². The van der Waals surface area contributed by atoms with Crippen LogP contribution in [0.3, 0.4) is 0 Å². The maximum atomic E-state index is 11.3. The van der Waals surface area contributed by atoms with Crippen molar-refractivity contribution < 1.29 is 9.53 Å². The van der Waals surface area contributed by atoms with E-state index in [0.29, 0.717) is 19.0 Å². The van der Waals surface area contributed by atoms with E-state index in [4.69, 9.17) is 10.5 Å². The van der Waals surface area contributed by atoms with E-state index in [9.17, 15) is 4.79 Å². The third-order valence-electron chi connectivity index (χ3n) is 2.12. The SMILES string of the molecule is CCCCNC(N)=NCCCNC(=O)OC(C)(C)C.I. The Bertz CT molecular complexity index is 291. The number of hydrogen-bond donors (Lipinski definition) is 3. The van der Waals surface area contributed by atoms with Gasteiger partial charge in [-0.05, 0) is 33.6 Å². The molecule has 0 spiro atoms. The predicted octanol–water partition coefficient (Wildman–Crippen LogP) is 2.22. The molecule has 0 aromatic rings. The van der Waals surface area contributed by atoms with Crippen LogP contribution in [0.4, 0.5) is 4.79 Å². The van der Waals surface area contributed by atoms with Gasteiger partial charge in [-0.15, -0.1) is 24.0 Å². The second-order valence-corrected chi connectivity index (χ2v) is 5.33. The number of hydrogen-bond acceptors (Lipinski definition) is 3. The molecule has 0 aliphatic rings. The molecule has 0 unspecified atom stereocenters. The molecule has 0 aliphatic carbocycles. The lowest BCUT2D eigenvalue weighted by molar-refractivity contribution is 0.0527. The van der Waals surface area contributed by atoms with Crippen LogP contribution in [-0.4, -0.2) is 37.3 Å². The highest BCUT2D eigenvalue weighted by atomic mass is 127. The molecular formula is C13H29IN4O2. The van der Waals surface area contributed by atoms with E-state index >= 15 is 0 Å². The minimum atomic E-state index is -0.462. The average molecular weight is 400 g/mol. The van der Waals surface area contributed by atoms with Crippen LogP contribution >= 0.6 is 24.0 Å². The molecule has 0 aliphatic heterocycles. The Balaban J connectivity index is 0. The molecule has 1 amide bonds. The van der Waals surface area contributed by atoms with Crippen molar-refractivity contribution in [2.45, 2.75) is 52.6 Å². The van der Waals surface area contributed by atoms with Crippen LogP contribution < -0.4 is 16.4 Å². The molecule has 0 atom stereocenters. The van der Waals surface area contributed by atoms with E-state index in [1.54, 1.807) is 0 Å². The zero-order valence-electron chi connectivity index (χ0n) is 13.0. The Morgan fingerprint density at radius 1 is 1.20 bits per heavy atom. The monoisotopic (exact) mass is 400 g/mol. The molecule has 0 radical (unpaired) electrons. The van der Waals surface area contributed by atoms with Crippen LogP contribution in [0.2, 0.25) is 0 Å². The van der Waals surface area contributed by atoms with Gasteiger partial charge in [0.05, 0.1) is 0 Å².